The highest BCUT2D eigenvalue weighted by Gasteiger charge is 2.19. The van der Waals surface area contributed by atoms with E-state index >= 15 is 0 Å². The zero-order valence-corrected chi connectivity index (χ0v) is 17.1. The molecule has 1 aliphatic rings. The molecule has 1 aliphatic heterocycles. The Morgan fingerprint density at radius 3 is 2.59 bits per heavy atom. The number of likely N-dealkylation sites (tertiary alicyclic amines) is 1. The third-order valence-corrected chi connectivity index (χ3v) is 5.01. The monoisotopic (exact) mass is 373 g/mol. The molecule has 1 aromatic carbocycles. The van der Waals surface area contributed by atoms with E-state index in [4.69, 9.17) is 0 Å². The average molecular weight is 374 g/mol. The second-order valence-electron chi connectivity index (χ2n) is 7.24. The summed E-state index contributed by atoms with van der Waals surface area (Å²) in [6.07, 6.45) is 3.95. The molecule has 2 N–H and O–H groups in total. The summed E-state index contributed by atoms with van der Waals surface area (Å²) in [7, 11) is 3.64. The number of rotatable bonds is 8. The lowest BCUT2D eigenvalue weighted by atomic mass is 10.1. The molecule has 0 saturated carbocycles. The van der Waals surface area contributed by atoms with Crippen molar-refractivity contribution < 1.29 is 4.79 Å². The molecule has 1 aromatic rings. The maximum atomic E-state index is 12.3. The number of benzene rings is 1. The normalized spacial score (nSPS) is 16.2. The zero-order chi connectivity index (χ0) is 19.5. The van der Waals surface area contributed by atoms with E-state index in [1.165, 1.54) is 13.0 Å². The van der Waals surface area contributed by atoms with Gasteiger partial charge in [-0.3, -0.25) is 9.79 Å². The van der Waals surface area contributed by atoms with Crippen LogP contribution in [0.3, 0.4) is 0 Å². The van der Waals surface area contributed by atoms with Gasteiger partial charge in [0.15, 0.2) is 5.96 Å². The molecule has 1 fully saturated rings. The molecule has 0 atom stereocenters. The first kappa shape index (κ1) is 21.2. The first-order valence-electron chi connectivity index (χ1n) is 10.1. The number of aliphatic imine (C=N–C) groups is 1. The molecule has 1 heterocycles. The standard InChI is InChI=1S/C21H35N5O/c1-4-14-26-15-11-19(12-16-26)24-21(22-2)23-13-10-20(27)25(3)17-18-8-6-5-7-9-18/h5-9,19H,4,10-17H2,1-3H3,(H2,22,23,24). The van der Waals surface area contributed by atoms with E-state index in [0.717, 1.165) is 37.5 Å². The van der Waals surface area contributed by atoms with Crippen LogP contribution in [-0.4, -0.2) is 68.0 Å². The number of nitrogens with zero attached hydrogens (tertiary/aromatic N) is 3. The van der Waals surface area contributed by atoms with E-state index in [1.54, 1.807) is 11.9 Å². The lowest BCUT2D eigenvalue weighted by Gasteiger charge is -2.32. The van der Waals surface area contributed by atoms with E-state index < -0.39 is 0 Å². The van der Waals surface area contributed by atoms with Gasteiger partial charge in [0.2, 0.25) is 5.91 Å². The largest absolute Gasteiger partial charge is 0.356 e. The van der Waals surface area contributed by atoms with E-state index in [9.17, 15) is 4.79 Å². The van der Waals surface area contributed by atoms with Gasteiger partial charge in [-0.2, -0.15) is 0 Å². The van der Waals surface area contributed by atoms with Crippen LogP contribution in [0.2, 0.25) is 0 Å². The topological polar surface area (TPSA) is 60.0 Å². The van der Waals surface area contributed by atoms with Crippen molar-refractivity contribution in [2.45, 2.75) is 45.2 Å². The number of nitrogens with one attached hydrogen (secondary N) is 2. The SMILES string of the molecule is CCCN1CCC(NC(=NC)NCCC(=O)N(C)Cc2ccccc2)CC1. The number of hydrogen-bond acceptors (Lipinski definition) is 3. The third kappa shape index (κ3) is 7.59. The molecule has 1 amide bonds. The summed E-state index contributed by atoms with van der Waals surface area (Å²) in [5.74, 6) is 0.928. The van der Waals surface area contributed by atoms with Crippen LogP contribution in [-0.2, 0) is 11.3 Å². The summed E-state index contributed by atoms with van der Waals surface area (Å²) >= 11 is 0. The van der Waals surface area contributed by atoms with Crippen molar-refractivity contribution in [1.29, 1.82) is 0 Å². The fraction of sp³-hybridized carbons (Fsp3) is 0.619. The number of amides is 1. The maximum absolute atomic E-state index is 12.3. The predicted molar refractivity (Wildman–Crippen MR) is 112 cm³/mol. The van der Waals surface area contributed by atoms with Crippen LogP contribution in [0.25, 0.3) is 0 Å². The molecule has 6 nitrogen and oxygen atoms in total. The summed E-state index contributed by atoms with van der Waals surface area (Å²) in [6, 6.07) is 10.5. The highest BCUT2D eigenvalue weighted by Crippen LogP contribution is 2.10. The quantitative estimate of drug-likeness (QED) is 0.541. The van der Waals surface area contributed by atoms with Crippen LogP contribution in [0, 0.1) is 0 Å². The van der Waals surface area contributed by atoms with Crippen molar-refractivity contribution in [3.8, 4) is 0 Å². The molecule has 0 spiro atoms. The van der Waals surface area contributed by atoms with Gasteiger partial charge < -0.3 is 20.4 Å². The highest BCUT2D eigenvalue weighted by molar-refractivity contribution is 5.81. The zero-order valence-electron chi connectivity index (χ0n) is 17.1. The minimum atomic E-state index is 0.134. The summed E-state index contributed by atoms with van der Waals surface area (Å²) < 4.78 is 0. The van der Waals surface area contributed by atoms with Crippen LogP contribution in [0.15, 0.2) is 35.3 Å². The second kappa shape index (κ2) is 11.6. The van der Waals surface area contributed by atoms with Gasteiger partial charge in [-0.15, -0.1) is 0 Å². The number of piperidine rings is 1. The number of carbonyl (C=O) groups is 1. The lowest BCUT2D eigenvalue weighted by Crippen LogP contribution is -2.49. The predicted octanol–water partition coefficient (Wildman–Crippen LogP) is 2.07. The lowest BCUT2D eigenvalue weighted by molar-refractivity contribution is -0.130. The summed E-state index contributed by atoms with van der Waals surface area (Å²) in [5, 5.41) is 6.78. The minimum absolute atomic E-state index is 0.134. The van der Waals surface area contributed by atoms with Gasteiger partial charge in [-0.1, -0.05) is 37.3 Å². The van der Waals surface area contributed by atoms with Crippen LogP contribution < -0.4 is 10.6 Å². The Labute approximate surface area is 164 Å². The number of carbonyl (C=O) groups excluding carboxylic acids is 1. The minimum Gasteiger partial charge on any atom is -0.356 e. The molecule has 0 radical (unpaired) electrons. The molecular formula is C21H35N5O. The smallest absolute Gasteiger partial charge is 0.224 e. The molecular weight excluding hydrogens is 338 g/mol. The van der Waals surface area contributed by atoms with Crippen molar-refractivity contribution in [2.75, 3.05) is 40.3 Å². The average Bonchev–Trinajstić information content (AvgIpc) is 2.69. The van der Waals surface area contributed by atoms with Gasteiger partial charge >= 0.3 is 0 Å². The van der Waals surface area contributed by atoms with Gasteiger partial charge in [-0.25, -0.2) is 0 Å². The van der Waals surface area contributed by atoms with Gasteiger partial charge in [0.05, 0.1) is 0 Å². The Balaban J connectivity index is 1.66. The molecule has 1 saturated heterocycles. The molecule has 6 heteroatoms. The van der Waals surface area contributed by atoms with E-state index in [0.29, 0.717) is 25.6 Å². The number of guanidine groups is 1. The van der Waals surface area contributed by atoms with Gasteiger partial charge in [0.1, 0.15) is 0 Å². The Morgan fingerprint density at radius 1 is 1.26 bits per heavy atom. The maximum Gasteiger partial charge on any atom is 0.224 e. The molecule has 0 aromatic heterocycles. The van der Waals surface area contributed by atoms with Crippen molar-refractivity contribution in [3.63, 3.8) is 0 Å². The molecule has 2 rings (SSSR count). The second-order valence-corrected chi connectivity index (χ2v) is 7.24. The molecule has 150 valence electrons. The molecule has 27 heavy (non-hydrogen) atoms. The fourth-order valence-electron chi connectivity index (χ4n) is 3.43. The highest BCUT2D eigenvalue weighted by atomic mass is 16.2. The van der Waals surface area contributed by atoms with Gasteiger partial charge in [0, 0.05) is 52.7 Å². The summed E-state index contributed by atoms with van der Waals surface area (Å²) in [6.45, 7) is 6.94. The van der Waals surface area contributed by atoms with Crippen molar-refractivity contribution in [1.82, 2.24) is 20.4 Å². The van der Waals surface area contributed by atoms with Crippen molar-refractivity contribution >= 4 is 11.9 Å². The summed E-state index contributed by atoms with van der Waals surface area (Å²) in [5.41, 5.74) is 1.15. The first-order chi connectivity index (χ1) is 13.1. The van der Waals surface area contributed by atoms with E-state index in [1.807, 2.05) is 37.4 Å². The van der Waals surface area contributed by atoms with Crippen LogP contribution in [0.5, 0.6) is 0 Å². The Bertz CT molecular complexity index is 581. The van der Waals surface area contributed by atoms with Crippen molar-refractivity contribution in [3.05, 3.63) is 35.9 Å². The molecule has 0 unspecified atom stereocenters. The Morgan fingerprint density at radius 2 is 1.96 bits per heavy atom. The third-order valence-electron chi connectivity index (χ3n) is 5.01. The van der Waals surface area contributed by atoms with Crippen LogP contribution >= 0.6 is 0 Å². The van der Waals surface area contributed by atoms with Crippen molar-refractivity contribution in [2.24, 2.45) is 4.99 Å². The Kier molecular flexibility index (Phi) is 9.11. The Hall–Kier alpha value is -2.08. The fourth-order valence-corrected chi connectivity index (χ4v) is 3.43. The van der Waals surface area contributed by atoms with Gasteiger partial charge in [-0.05, 0) is 31.4 Å². The van der Waals surface area contributed by atoms with Crippen LogP contribution in [0.1, 0.15) is 38.2 Å². The molecule has 0 bridgehead atoms. The van der Waals surface area contributed by atoms with Gasteiger partial charge in [0.25, 0.3) is 0 Å². The first-order valence-corrected chi connectivity index (χ1v) is 10.1. The molecule has 0 aliphatic carbocycles. The van der Waals surface area contributed by atoms with Crippen LogP contribution in [0.4, 0.5) is 0 Å². The van der Waals surface area contributed by atoms with E-state index in [-0.39, 0.29) is 5.91 Å². The van der Waals surface area contributed by atoms with E-state index in [2.05, 4.69) is 27.4 Å². The number of hydrogen-bond donors (Lipinski definition) is 2. The summed E-state index contributed by atoms with van der Waals surface area (Å²) in [4.78, 5) is 20.9.